The minimum Gasteiger partial charge on any atom is -0.496 e. The molecule has 1 aliphatic heterocycles. The van der Waals surface area contributed by atoms with Gasteiger partial charge in [0.05, 0.1) is 18.2 Å². The number of hydrogen-bond acceptors (Lipinski definition) is 3. The second-order valence-corrected chi connectivity index (χ2v) is 5.38. The summed E-state index contributed by atoms with van der Waals surface area (Å²) in [5.41, 5.74) is 0.781. The molecule has 0 amide bonds. The Morgan fingerprint density at radius 1 is 1.15 bits per heavy atom. The highest BCUT2D eigenvalue weighted by molar-refractivity contribution is 6.10. The number of hydrogen-bond donors (Lipinski definition) is 0. The van der Waals surface area contributed by atoms with Crippen molar-refractivity contribution in [1.29, 1.82) is 0 Å². The second-order valence-electron chi connectivity index (χ2n) is 5.38. The van der Waals surface area contributed by atoms with Crippen molar-refractivity contribution in [1.82, 2.24) is 0 Å². The van der Waals surface area contributed by atoms with Gasteiger partial charge in [0.15, 0.2) is 0 Å². The highest BCUT2D eigenvalue weighted by atomic mass is 35.5. The molecule has 1 heterocycles. The second kappa shape index (κ2) is 5.33. The maximum atomic E-state index is 5.77. The fourth-order valence-electron chi connectivity index (χ4n) is 2.35. The molecule has 0 atom stereocenters. The molecule has 0 bridgehead atoms. The SMILES string of the molecule is COc1ccc2ccccc2c1C1=NC(C)(C)CO1.Cl. The van der Waals surface area contributed by atoms with E-state index in [1.165, 1.54) is 0 Å². The van der Waals surface area contributed by atoms with Crippen LogP contribution in [0, 0.1) is 0 Å². The third-order valence-electron chi connectivity index (χ3n) is 3.29. The lowest BCUT2D eigenvalue weighted by Crippen LogP contribution is -2.17. The van der Waals surface area contributed by atoms with Crippen molar-refractivity contribution in [3.63, 3.8) is 0 Å². The van der Waals surface area contributed by atoms with E-state index in [1.807, 2.05) is 18.2 Å². The number of methoxy groups -OCH3 is 1. The molecule has 1 aliphatic rings. The van der Waals surface area contributed by atoms with E-state index in [1.54, 1.807) is 7.11 Å². The molecule has 3 rings (SSSR count). The number of nitrogens with zero attached hydrogens (tertiary/aromatic N) is 1. The average Bonchev–Trinajstić information content (AvgIpc) is 2.77. The van der Waals surface area contributed by atoms with Crippen molar-refractivity contribution >= 4 is 29.1 Å². The van der Waals surface area contributed by atoms with Crippen LogP contribution in [0.4, 0.5) is 0 Å². The molecule has 0 unspecified atom stereocenters. The van der Waals surface area contributed by atoms with E-state index in [0.29, 0.717) is 12.5 Å². The van der Waals surface area contributed by atoms with Gasteiger partial charge in [-0.2, -0.15) is 0 Å². The Morgan fingerprint density at radius 2 is 1.90 bits per heavy atom. The maximum absolute atomic E-state index is 5.77. The quantitative estimate of drug-likeness (QED) is 0.842. The molecule has 3 nitrogen and oxygen atoms in total. The predicted octanol–water partition coefficient (Wildman–Crippen LogP) is 3.83. The lowest BCUT2D eigenvalue weighted by atomic mass is 10.0. The molecule has 0 aliphatic carbocycles. The molecule has 2 aromatic carbocycles. The van der Waals surface area contributed by atoms with Crippen LogP contribution in [0.2, 0.25) is 0 Å². The normalized spacial score (nSPS) is 16.2. The largest absolute Gasteiger partial charge is 0.496 e. The Morgan fingerprint density at radius 3 is 2.55 bits per heavy atom. The highest BCUT2D eigenvalue weighted by Crippen LogP contribution is 2.32. The minimum atomic E-state index is -0.169. The summed E-state index contributed by atoms with van der Waals surface area (Å²) in [6, 6.07) is 12.2. The first-order valence-electron chi connectivity index (χ1n) is 6.39. The van der Waals surface area contributed by atoms with Crippen LogP contribution < -0.4 is 4.74 Å². The number of benzene rings is 2. The smallest absolute Gasteiger partial charge is 0.221 e. The van der Waals surface area contributed by atoms with Gasteiger partial charge in [0.25, 0.3) is 0 Å². The first kappa shape index (κ1) is 14.7. The van der Waals surface area contributed by atoms with Gasteiger partial charge in [-0.05, 0) is 30.7 Å². The molecule has 0 N–H and O–H groups in total. The average molecular weight is 292 g/mol. The summed E-state index contributed by atoms with van der Waals surface area (Å²) >= 11 is 0. The van der Waals surface area contributed by atoms with Gasteiger partial charge in [0.1, 0.15) is 12.4 Å². The van der Waals surface area contributed by atoms with Crippen LogP contribution in [0.3, 0.4) is 0 Å². The van der Waals surface area contributed by atoms with Gasteiger partial charge in [-0.25, -0.2) is 4.99 Å². The van der Waals surface area contributed by atoms with Crippen LogP contribution in [0.5, 0.6) is 5.75 Å². The molecule has 2 aromatic rings. The van der Waals surface area contributed by atoms with E-state index >= 15 is 0 Å². The molecule has 106 valence electrons. The van der Waals surface area contributed by atoms with E-state index in [9.17, 15) is 0 Å². The first-order chi connectivity index (χ1) is 9.11. The number of halogens is 1. The Bertz CT molecular complexity index is 665. The summed E-state index contributed by atoms with van der Waals surface area (Å²) < 4.78 is 11.2. The Kier molecular flexibility index (Phi) is 3.91. The zero-order valence-corrected chi connectivity index (χ0v) is 12.7. The molecule has 0 spiro atoms. The molecule has 4 heteroatoms. The zero-order valence-electron chi connectivity index (χ0n) is 11.8. The summed E-state index contributed by atoms with van der Waals surface area (Å²) in [5, 5.41) is 2.27. The highest BCUT2D eigenvalue weighted by Gasteiger charge is 2.29. The first-order valence-corrected chi connectivity index (χ1v) is 6.39. The molecule has 0 saturated heterocycles. The minimum absolute atomic E-state index is 0. The van der Waals surface area contributed by atoms with Gasteiger partial charge >= 0.3 is 0 Å². The van der Waals surface area contributed by atoms with Crippen LogP contribution in [0.1, 0.15) is 19.4 Å². The fourth-order valence-corrected chi connectivity index (χ4v) is 2.35. The number of fused-ring (bicyclic) bond motifs is 1. The van der Waals surface area contributed by atoms with Crippen LogP contribution in [0.15, 0.2) is 41.4 Å². The topological polar surface area (TPSA) is 30.8 Å². The molecular formula is C16H18ClNO2. The monoisotopic (exact) mass is 291 g/mol. The van der Waals surface area contributed by atoms with Gasteiger partial charge in [-0.3, -0.25) is 0 Å². The Hall–Kier alpha value is -1.74. The standard InChI is InChI=1S/C16H17NO2.ClH/c1-16(2)10-19-15(17-16)14-12-7-5-4-6-11(12)8-9-13(14)18-3;/h4-9H,10H2,1-3H3;1H. The van der Waals surface area contributed by atoms with Crippen LogP contribution >= 0.6 is 12.4 Å². The zero-order chi connectivity index (χ0) is 13.5. The van der Waals surface area contributed by atoms with Crippen molar-refractivity contribution in [3.05, 3.63) is 42.0 Å². The predicted molar refractivity (Wildman–Crippen MR) is 84.3 cm³/mol. The van der Waals surface area contributed by atoms with Crippen molar-refractivity contribution in [2.45, 2.75) is 19.4 Å². The lowest BCUT2D eigenvalue weighted by Gasteiger charge is -2.11. The van der Waals surface area contributed by atoms with E-state index < -0.39 is 0 Å². The van der Waals surface area contributed by atoms with Crippen molar-refractivity contribution < 1.29 is 9.47 Å². The van der Waals surface area contributed by atoms with Crippen molar-refractivity contribution in [2.24, 2.45) is 4.99 Å². The van der Waals surface area contributed by atoms with E-state index in [0.717, 1.165) is 22.1 Å². The number of rotatable bonds is 2. The third-order valence-corrected chi connectivity index (χ3v) is 3.29. The van der Waals surface area contributed by atoms with Gasteiger partial charge in [0, 0.05) is 0 Å². The van der Waals surface area contributed by atoms with Gasteiger partial charge in [-0.1, -0.05) is 30.3 Å². The maximum Gasteiger partial charge on any atom is 0.221 e. The molecule has 0 fully saturated rings. The van der Waals surface area contributed by atoms with E-state index in [2.05, 4.69) is 37.0 Å². The number of ether oxygens (including phenoxy) is 2. The third kappa shape index (κ3) is 2.46. The van der Waals surface area contributed by atoms with Crippen LogP contribution in [-0.4, -0.2) is 25.2 Å². The molecule has 0 saturated carbocycles. The van der Waals surface area contributed by atoms with Gasteiger partial charge in [0.2, 0.25) is 5.90 Å². The number of aliphatic imine (C=N–C) groups is 1. The van der Waals surface area contributed by atoms with Crippen molar-refractivity contribution in [2.75, 3.05) is 13.7 Å². The summed E-state index contributed by atoms with van der Waals surface area (Å²) in [5.74, 6) is 1.48. The summed E-state index contributed by atoms with van der Waals surface area (Å²) in [6.45, 7) is 4.74. The Balaban J connectivity index is 0.00000147. The molecule has 0 aromatic heterocycles. The molecule has 0 radical (unpaired) electrons. The summed E-state index contributed by atoms with van der Waals surface area (Å²) in [6.07, 6.45) is 0. The van der Waals surface area contributed by atoms with Gasteiger partial charge in [-0.15, -0.1) is 12.4 Å². The van der Waals surface area contributed by atoms with Crippen molar-refractivity contribution in [3.8, 4) is 5.75 Å². The Labute approximate surface area is 125 Å². The van der Waals surface area contributed by atoms with Crippen LogP contribution in [-0.2, 0) is 4.74 Å². The molecular weight excluding hydrogens is 274 g/mol. The summed E-state index contributed by atoms with van der Waals surface area (Å²) in [7, 11) is 1.67. The van der Waals surface area contributed by atoms with Crippen LogP contribution in [0.25, 0.3) is 10.8 Å². The van der Waals surface area contributed by atoms with Gasteiger partial charge < -0.3 is 9.47 Å². The lowest BCUT2D eigenvalue weighted by molar-refractivity contribution is 0.279. The van der Waals surface area contributed by atoms with E-state index in [4.69, 9.17) is 9.47 Å². The summed E-state index contributed by atoms with van der Waals surface area (Å²) in [4.78, 5) is 4.66. The van der Waals surface area contributed by atoms with E-state index in [-0.39, 0.29) is 17.9 Å². The fraction of sp³-hybridized carbons (Fsp3) is 0.312. The molecule has 20 heavy (non-hydrogen) atoms.